The molecule has 1 saturated carbocycles. The van der Waals surface area contributed by atoms with Gasteiger partial charge in [-0.15, -0.1) is 0 Å². The molecule has 2 aromatic rings. The number of carbonyl (C=O) groups excluding carboxylic acids is 2. The predicted octanol–water partition coefficient (Wildman–Crippen LogP) is 4.71. The van der Waals surface area contributed by atoms with E-state index in [0.717, 1.165) is 25.0 Å². The van der Waals surface area contributed by atoms with Gasteiger partial charge in [0.25, 0.3) is 5.91 Å². The minimum Gasteiger partial charge on any atom is -0.449 e. The van der Waals surface area contributed by atoms with Gasteiger partial charge in [-0.1, -0.05) is 19.9 Å². The van der Waals surface area contributed by atoms with Crippen LogP contribution in [-0.2, 0) is 10.9 Å². The molecular formula is C24H29F3N4O3. The van der Waals surface area contributed by atoms with E-state index >= 15 is 0 Å². The molecular weight excluding hydrogens is 449 g/mol. The Morgan fingerprint density at radius 3 is 2.50 bits per heavy atom. The summed E-state index contributed by atoms with van der Waals surface area (Å²) in [5.41, 5.74) is 0.593. The SMILES string of the molecule is CC(C)COC(=O)N1CCCN(C(=O)c2cnn(-c3cccc(C(F)(F)F)c3)c2C2CC2)CC1. The fraction of sp³-hybridized carbons (Fsp3) is 0.542. The number of hydrogen-bond acceptors (Lipinski definition) is 4. The summed E-state index contributed by atoms with van der Waals surface area (Å²) >= 11 is 0. The monoisotopic (exact) mass is 478 g/mol. The molecule has 7 nitrogen and oxygen atoms in total. The van der Waals surface area contributed by atoms with Crippen molar-refractivity contribution < 1.29 is 27.5 Å². The van der Waals surface area contributed by atoms with E-state index in [1.54, 1.807) is 15.9 Å². The van der Waals surface area contributed by atoms with Crippen LogP contribution in [0.25, 0.3) is 5.69 Å². The number of benzene rings is 1. The third-order valence-electron chi connectivity index (χ3n) is 6.00. The normalized spacial score (nSPS) is 17.1. The first-order valence-electron chi connectivity index (χ1n) is 11.6. The van der Waals surface area contributed by atoms with Gasteiger partial charge in [0.2, 0.25) is 0 Å². The molecule has 1 aromatic carbocycles. The van der Waals surface area contributed by atoms with Gasteiger partial charge in [-0.3, -0.25) is 4.79 Å². The van der Waals surface area contributed by atoms with Gasteiger partial charge in [0, 0.05) is 32.1 Å². The first-order chi connectivity index (χ1) is 16.1. The number of amides is 2. The van der Waals surface area contributed by atoms with Crippen molar-refractivity contribution in [3.63, 3.8) is 0 Å². The third-order valence-corrected chi connectivity index (χ3v) is 6.00. The molecule has 1 saturated heterocycles. The van der Waals surface area contributed by atoms with Crippen LogP contribution in [0.4, 0.5) is 18.0 Å². The van der Waals surface area contributed by atoms with Crippen LogP contribution in [0.1, 0.15) is 60.6 Å². The van der Waals surface area contributed by atoms with Crippen molar-refractivity contribution in [3.8, 4) is 5.69 Å². The second-order valence-electron chi connectivity index (χ2n) is 9.28. The molecule has 0 unspecified atom stereocenters. The Hall–Kier alpha value is -3.04. The Bertz CT molecular complexity index is 1050. The molecule has 10 heteroatoms. The highest BCUT2D eigenvalue weighted by molar-refractivity contribution is 5.95. The molecule has 2 aliphatic rings. The molecule has 4 rings (SSSR count). The van der Waals surface area contributed by atoms with Gasteiger partial charge in [-0.25, -0.2) is 9.48 Å². The summed E-state index contributed by atoms with van der Waals surface area (Å²) in [6, 6.07) is 4.99. The number of nitrogens with zero attached hydrogens (tertiary/aromatic N) is 4. The number of alkyl halides is 3. The van der Waals surface area contributed by atoms with E-state index in [1.165, 1.54) is 16.9 Å². The number of rotatable bonds is 5. The Balaban J connectivity index is 1.52. The zero-order chi connectivity index (χ0) is 24.5. The van der Waals surface area contributed by atoms with Crippen molar-refractivity contribution in [3.05, 3.63) is 47.3 Å². The Kier molecular flexibility index (Phi) is 6.86. The lowest BCUT2D eigenvalue weighted by molar-refractivity contribution is -0.137. The molecule has 2 amide bonds. The highest BCUT2D eigenvalue weighted by Crippen LogP contribution is 2.43. The zero-order valence-electron chi connectivity index (χ0n) is 19.3. The Labute approximate surface area is 196 Å². The largest absolute Gasteiger partial charge is 0.449 e. The topological polar surface area (TPSA) is 67.7 Å². The van der Waals surface area contributed by atoms with Crippen molar-refractivity contribution in [1.29, 1.82) is 0 Å². The lowest BCUT2D eigenvalue weighted by atomic mass is 10.1. The van der Waals surface area contributed by atoms with E-state index in [9.17, 15) is 22.8 Å². The van der Waals surface area contributed by atoms with E-state index in [0.29, 0.717) is 50.5 Å². The van der Waals surface area contributed by atoms with Crippen LogP contribution in [-0.4, -0.2) is 64.4 Å². The van der Waals surface area contributed by atoms with Gasteiger partial charge in [-0.2, -0.15) is 18.3 Å². The van der Waals surface area contributed by atoms with Crippen LogP contribution < -0.4 is 0 Å². The van der Waals surface area contributed by atoms with E-state index < -0.39 is 11.7 Å². The van der Waals surface area contributed by atoms with Crippen molar-refractivity contribution in [1.82, 2.24) is 19.6 Å². The summed E-state index contributed by atoms with van der Waals surface area (Å²) < 4.78 is 46.4. The fourth-order valence-corrected chi connectivity index (χ4v) is 4.09. The molecule has 0 spiro atoms. The van der Waals surface area contributed by atoms with E-state index in [1.807, 2.05) is 13.8 Å². The maximum Gasteiger partial charge on any atom is 0.416 e. The molecule has 1 aliphatic heterocycles. The average Bonchev–Trinajstić information content (AvgIpc) is 3.59. The Morgan fingerprint density at radius 2 is 1.82 bits per heavy atom. The van der Waals surface area contributed by atoms with Gasteiger partial charge >= 0.3 is 12.3 Å². The number of ether oxygens (including phenoxy) is 1. The summed E-state index contributed by atoms with van der Waals surface area (Å²) in [4.78, 5) is 29.0. The van der Waals surface area contributed by atoms with Crippen LogP contribution in [0.3, 0.4) is 0 Å². The van der Waals surface area contributed by atoms with Gasteiger partial charge in [-0.05, 0) is 43.4 Å². The number of aromatic nitrogens is 2. The maximum absolute atomic E-state index is 13.4. The molecule has 1 aliphatic carbocycles. The summed E-state index contributed by atoms with van der Waals surface area (Å²) in [6.07, 6.45) is -1.05. The number of carbonyl (C=O) groups is 2. The lowest BCUT2D eigenvalue weighted by Crippen LogP contribution is -2.38. The molecule has 2 fully saturated rings. The minimum absolute atomic E-state index is 0.0884. The minimum atomic E-state index is -4.46. The van der Waals surface area contributed by atoms with Gasteiger partial charge in [0.15, 0.2) is 0 Å². The number of halogens is 3. The smallest absolute Gasteiger partial charge is 0.416 e. The second kappa shape index (κ2) is 9.68. The van der Waals surface area contributed by atoms with Crippen LogP contribution in [0.15, 0.2) is 30.5 Å². The van der Waals surface area contributed by atoms with Crippen LogP contribution >= 0.6 is 0 Å². The summed E-state index contributed by atoms with van der Waals surface area (Å²) in [5, 5.41) is 4.31. The maximum atomic E-state index is 13.4. The average molecular weight is 479 g/mol. The van der Waals surface area contributed by atoms with Crippen molar-refractivity contribution in [2.45, 2.75) is 45.2 Å². The molecule has 0 radical (unpaired) electrons. The van der Waals surface area contributed by atoms with E-state index in [2.05, 4.69) is 5.10 Å². The standard InChI is InChI=1S/C24H29F3N4O3/c1-16(2)15-34-23(33)30-10-4-9-29(11-12-30)22(32)20-14-28-31(21(20)17-7-8-17)19-6-3-5-18(13-19)24(25,26)27/h3,5-6,13-14,16-17H,4,7-12,15H2,1-2H3. The number of hydrogen-bond donors (Lipinski definition) is 0. The molecule has 0 atom stereocenters. The summed E-state index contributed by atoms with van der Waals surface area (Å²) in [6.45, 7) is 5.97. The van der Waals surface area contributed by atoms with Crippen LogP contribution in [0.2, 0.25) is 0 Å². The summed E-state index contributed by atoms with van der Waals surface area (Å²) in [5.74, 6) is 0.117. The lowest BCUT2D eigenvalue weighted by Gasteiger charge is -2.22. The first-order valence-corrected chi connectivity index (χ1v) is 11.6. The predicted molar refractivity (Wildman–Crippen MR) is 119 cm³/mol. The third kappa shape index (κ3) is 5.37. The Morgan fingerprint density at radius 1 is 1.12 bits per heavy atom. The zero-order valence-corrected chi connectivity index (χ0v) is 19.3. The van der Waals surface area contributed by atoms with Gasteiger partial charge in [0.05, 0.1) is 35.3 Å². The fourth-order valence-electron chi connectivity index (χ4n) is 4.09. The first kappa shape index (κ1) is 24.1. The quantitative estimate of drug-likeness (QED) is 0.624. The highest BCUT2D eigenvalue weighted by atomic mass is 19.4. The van der Waals surface area contributed by atoms with Crippen LogP contribution in [0.5, 0.6) is 0 Å². The second-order valence-corrected chi connectivity index (χ2v) is 9.28. The highest BCUT2D eigenvalue weighted by Gasteiger charge is 2.36. The van der Waals surface area contributed by atoms with Crippen molar-refractivity contribution in [2.75, 3.05) is 32.8 Å². The molecule has 0 bridgehead atoms. The van der Waals surface area contributed by atoms with Gasteiger partial charge in [0.1, 0.15) is 0 Å². The van der Waals surface area contributed by atoms with Crippen molar-refractivity contribution >= 4 is 12.0 Å². The molecule has 34 heavy (non-hydrogen) atoms. The summed E-state index contributed by atoms with van der Waals surface area (Å²) in [7, 11) is 0. The molecule has 1 aromatic heterocycles. The molecule has 0 N–H and O–H groups in total. The van der Waals surface area contributed by atoms with E-state index in [-0.39, 0.29) is 29.5 Å². The van der Waals surface area contributed by atoms with Crippen molar-refractivity contribution in [2.24, 2.45) is 5.92 Å². The van der Waals surface area contributed by atoms with Crippen LogP contribution in [0, 0.1) is 5.92 Å². The molecule has 2 heterocycles. The van der Waals surface area contributed by atoms with Gasteiger partial charge < -0.3 is 14.5 Å². The van der Waals surface area contributed by atoms with E-state index in [4.69, 9.17) is 4.74 Å². The molecule has 184 valence electrons.